The molecule has 0 aliphatic carbocycles. The minimum Gasteiger partial charge on any atom is -0.311 e. The van der Waals surface area contributed by atoms with E-state index in [0.717, 1.165) is 18.4 Å². The molecule has 1 atom stereocenters. The number of amides is 3. The van der Waals surface area contributed by atoms with Crippen molar-refractivity contribution in [1.82, 2.24) is 4.90 Å². The number of carbonyl (C=O) groups excluding carboxylic acids is 2. The first-order chi connectivity index (χ1) is 9.42. The quantitative estimate of drug-likeness (QED) is 0.737. The van der Waals surface area contributed by atoms with Crippen LogP contribution in [-0.4, -0.2) is 29.4 Å². The zero-order chi connectivity index (χ0) is 14.5. The summed E-state index contributed by atoms with van der Waals surface area (Å²) in [5.41, 5.74) is 1.64. The van der Waals surface area contributed by atoms with Crippen LogP contribution in [0, 0.1) is 12.3 Å². The van der Waals surface area contributed by atoms with E-state index in [2.05, 4.69) is 13.8 Å². The van der Waals surface area contributed by atoms with Crippen LogP contribution < -0.4 is 4.90 Å². The molecular formula is C16H20N2O2. The Balaban J connectivity index is 2.00. The Hall–Kier alpha value is -1.84. The van der Waals surface area contributed by atoms with E-state index in [1.807, 2.05) is 31.2 Å². The lowest BCUT2D eigenvalue weighted by molar-refractivity contribution is -0.124. The second kappa shape index (κ2) is 4.33. The molecule has 1 aromatic carbocycles. The molecule has 2 fully saturated rings. The number of aryl methyl sites for hydroxylation is 1. The van der Waals surface area contributed by atoms with Crippen molar-refractivity contribution in [3.05, 3.63) is 29.8 Å². The van der Waals surface area contributed by atoms with Gasteiger partial charge in [-0.3, -0.25) is 4.79 Å². The molecule has 0 aromatic heterocycles. The van der Waals surface area contributed by atoms with Crippen LogP contribution in [0.5, 0.6) is 0 Å². The third-order valence-corrected chi connectivity index (χ3v) is 4.46. The summed E-state index contributed by atoms with van der Waals surface area (Å²) >= 11 is 0. The molecular weight excluding hydrogens is 252 g/mol. The number of urea groups is 1. The van der Waals surface area contributed by atoms with Crippen molar-refractivity contribution in [2.24, 2.45) is 5.41 Å². The highest BCUT2D eigenvalue weighted by Gasteiger charge is 2.53. The van der Waals surface area contributed by atoms with Crippen molar-refractivity contribution in [3.63, 3.8) is 0 Å². The minimum atomic E-state index is -0.315. The van der Waals surface area contributed by atoms with Gasteiger partial charge in [-0.2, -0.15) is 0 Å². The fourth-order valence-electron chi connectivity index (χ4n) is 3.34. The number of benzene rings is 1. The molecule has 20 heavy (non-hydrogen) atoms. The largest absolute Gasteiger partial charge is 0.332 e. The lowest BCUT2D eigenvalue weighted by Gasteiger charge is -2.39. The second-order valence-corrected chi connectivity index (χ2v) is 6.48. The van der Waals surface area contributed by atoms with Crippen LogP contribution in [0.25, 0.3) is 0 Å². The first-order valence-electron chi connectivity index (χ1n) is 7.13. The Morgan fingerprint density at radius 1 is 1.15 bits per heavy atom. The summed E-state index contributed by atoms with van der Waals surface area (Å²) in [5.74, 6) is -0.0800. The van der Waals surface area contributed by atoms with Crippen molar-refractivity contribution in [2.45, 2.75) is 39.7 Å². The van der Waals surface area contributed by atoms with Crippen molar-refractivity contribution < 1.29 is 9.59 Å². The molecule has 0 spiro atoms. The Morgan fingerprint density at radius 3 is 2.40 bits per heavy atom. The van der Waals surface area contributed by atoms with Gasteiger partial charge in [0.1, 0.15) is 6.04 Å². The molecule has 2 saturated heterocycles. The zero-order valence-electron chi connectivity index (χ0n) is 12.2. The summed E-state index contributed by atoms with van der Waals surface area (Å²) in [4.78, 5) is 28.4. The van der Waals surface area contributed by atoms with Crippen molar-refractivity contribution in [3.8, 4) is 0 Å². The van der Waals surface area contributed by atoms with E-state index in [9.17, 15) is 9.59 Å². The van der Waals surface area contributed by atoms with Gasteiger partial charge in [0.2, 0.25) is 0 Å². The first kappa shape index (κ1) is 13.2. The molecule has 0 N–H and O–H groups in total. The Bertz CT molecular complexity index is 562. The van der Waals surface area contributed by atoms with Crippen LogP contribution >= 0.6 is 0 Å². The fourth-order valence-corrected chi connectivity index (χ4v) is 3.34. The van der Waals surface area contributed by atoms with Crippen LogP contribution in [0.15, 0.2) is 24.3 Å². The van der Waals surface area contributed by atoms with Gasteiger partial charge in [0, 0.05) is 6.54 Å². The normalized spacial score (nSPS) is 25.1. The Labute approximate surface area is 119 Å². The molecule has 2 heterocycles. The summed E-state index contributed by atoms with van der Waals surface area (Å²) < 4.78 is 0. The predicted octanol–water partition coefficient (Wildman–Crippen LogP) is 2.95. The fraction of sp³-hybridized carbons (Fsp3) is 0.500. The van der Waals surface area contributed by atoms with E-state index in [-0.39, 0.29) is 23.4 Å². The van der Waals surface area contributed by atoms with Crippen LogP contribution in [0.1, 0.15) is 32.3 Å². The van der Waals surface area contributed by atoms with Gasteiger partial charge in [0.15, 0.2) is 0 Å². The number of carbonyl (C=O) groups is 2. The lowest BCUT2D eigenvalue weighted by Crippen LogP contribution is -2.49. The predicted molar refractivity (Wildman–Crippen MR) is 77.6 cm³/mol. The topological polar surface area (TPSA) is 40.6 Å². The summed E-state index contributed by atoms with van der Waals surface area (Å²) in [6.07, 6.45) is 1.94. The average molecular weight is 272 g/mol. The maximum absolute atomic E-state index is 12.7. The van der Waals surface area contributed by atoms with Gasteiger partial charge in [-0.25, -0.2) is 9.69 Å². The third-order valence-electron chi connectivity index (χ3n) is 4.46. The number of nitrogens with zero attached hydrogens (tertiary/aromatic N) is 2. The van der Waals surface area contributed by atoms with E-state index in [4.69, 9.17) is 0 Å². The highest BCUT2D eigenvalue weighted by atomic mass is 16.2. The smallest absolute Gasteiger partial charge is 0.311 e. The van der Waals surface area contributed by atoms with E-state index < -0.39 is 0 Å². The molecule has 4 heteroatoms. The highest BCUT2D eigenvalue weighted by molar-refractivity contribution is 6.21. The summed E-state index contributed by atoms with van der Waals surface area (Å²) in [6.45, 7) is 6.83. The van der Waals surface area contributed by atoms with Crippen LogP contribution in [0.4, 0.5) is 10.5 Å². The number of hydrogen-bond donors (Lipinski definition) is 0. The molecule has 106 valence electrons. The van der Waals surface area contributed by atoms with E-state index >= 15 is 0 Å². The van der Waals surface area contributed by atoms with Crippen molar-refractivity contribution >= 4 is 17.6 Å². The zero-order valence-corrected chi connectivity index (χ0v) is 12.2. The van der Waals surface area contributed by atoms with E-state index in [1.165, 1.54) is 4.90 Å². The molecule has 3 amide bonds. The number of hydrogen-bond acceptors (Lipinski definition) is 2. The molecule has 0 bridgehead atoms. The maximum Gasteiger partial charge on any atom is 0.332 e. The monoisotopic (exact) mass is 272 g/mol. The average Bonchev–Trinajstić information content (AvgIpc) is 2.64. The van der Waals surface area contributed by atoms with E-state index in [0.29, 0.717) is 12.2 Å². The van der Waals surface area contributed by atoms with Crippen LogP contribution in [-0.2, 0) is 4.79 Å². The number of piperidine rings is 1. The maximum atomic E-state index is 12.7. The van der Waals surface area contributed by atoms with Crippen molar-refractivity contribution in [1.29, 1.82) is 0 Å². The minimum absolute atomic E-state index is 0.0800. The van der Waals surface area contributed by atoms with Crippen molar-refractivity contribution in [2.75, 3.05) is 11.4 Å². The third kappa shape index (κ3) is 1.82. The van der Waals surface area contributed by atoms with Gasteiger partial charge in [0.05, 0.1) is 5.69 Å². The molecule has 4 nitrogen and oxygen atoms in total. The van der Waals surface area contributed by atoms with E-state index in [1.54, 1.807) is 4.90 Å². The number of imide groups is 1. The summed E-state index contributed by atoms with van der Waals surface area (Å²) in [7, 11) is 0. The number of fused-ring (bicyclic) bond motifs is 1. The molecule has 1 aromatic rings. The molecule has 2 aliphatic rings. The summed E-state index contributed by atoms with van der Waals surface area (Å²) in [6, 6.07) is 7.06. The van der Waals surface area contributed by atoms with Gasteiger partial charge < -0.3 is 4.90 Å². The highest BCUT2D eigenvalue weighted by Crippen LogP contribution is 2.41. The molecule has 0 radical (unpaired) electrons. The second-order valence-electron chi connectivity index (χ2n) is 6.48. The van der Waals surface area contributed by atoms with Gasteiger partial charge in [-0.05, 0) is 37.3 Å². The van der Waals surface area contributed by atoms with Gasteiger partial charge >= 0.3 is 6.03 Å². The van der Waals surface area contributed by atoms with Gasteiger partial charge in [0.25, 0.3) is 5.91 Å². The standard InChI is InChI=1S/C16H20N2O2/c1-11-5-7-12(8-6-11)18-14(19)13-16(2,3)9-4-10-17(13)15(18)20/h5-8,13H,4,9-10H2,1-3H3. The molecule has 0 saturated carbocycles. The first-order valence-corrected chi connectivity index (χ1v) is 7.13. The SMILES string of the molecule is Cc1ccc(N2C(=O)C3N(CCCC3(C)C)C2=O)cc1. The number of anilines is 1. The Morgan fingerprint density at radius 2 is 1.80 bits per heavy atom. The van der Waals surface area contributed by atoms with Crippen LogP contribution in [0.3, 0.4) is 0 Å². The molecule has 1 unspecified atom stereocenters. The van der Waals surface area contributed by atoms with Gasteiger partial charge in [-0.1, -0.05) is 31.5 Å². The summed E-state index contributed by atoms with van der Waals surface area (Å²) in [5, 5.41) is 0. The Kier molecular flexibility index (Phi) is 2.85. The lowest BCUT2D eigenvalue weighted by atomic mass is 9.77. The van der Waals surface area contributed by atoms with Crippen LogP contribution in [0.2, 0.25) is 0 Å². The number of rotatable bonds is 1. The molecule has 2 aliphatic heterocycles. The molecule has 3 rings (SSSR count). The van der Waals surface area contributed by atoms with Gasteiger partial charge in [-0.15, -0.1) is 0 Å².